The van der Waals surface area contributed by atoms with Crippen molar-refractivity contribution in [2.45, 2.75) is 51.4 Å². The van der Waals surface area contributed by atoms with Crippen LogP contribution in [0, 0.1) is 17.8 Å². The van der Waals surface area contributed by atoms with Crippen molar-refractivity contribution in [2.75, 3.05) is 13.7 Å². The topological polar surface area (TPSA) is 138 Å². The van der Waals surface area contributed by atoms with E-state index < -0.39 is 29.6 Å². The summed E-state index contributed by atoms with van der Waals surface area (Å²) in [6.07, 6.45) is 5.33. The number of phenols is 1. The summed E-state index contributed by atoms with van der Waals surface area (Å²) in [4.78, 5) is 65.7. The fourth-order valence-electron chi connectivity index (χ4n) is 6.68. The second-order valence-corrected chi connectivity index (χ2v) is 10.7. The van der Waals surface area contributed by atoms with Crippen molar-refractivity contribution in [2.24, 2.45) is 17.8 Å². The highest BCUT2D eigenvalue weighted by Crippen LogP contribution is 2.56. The van der Waals surface area contributed by atoms with Crippen molar-refractivity contribution in [3.05, 3.63) is 58.2 Å². The number of ether oxygens (including phenoxy) is 1. The van der Waals surface area contributed by atoms with E-state index in [1.165, 1.54) is 18.1 Å². The number of aromatic hydroxyl groups is 1. The number of para-hydroxylation sites is 1. The van der Waals surface area contributed by atoms with Gasteiger partial charge in [0.1, 0.15) is 0 Å². The van der Waals surface area contributed by atoms with Gasteiger partial charge in [-0.25, -0.2) is 0 Å². The quantitative estimate of drug-likeness (QED) is 0.224. The van der Waals surface area contributed by atoms with Crippen molar-refractivity contribution in [1.82, 2.24) is 4.90 Å². The predicted octanol–water partition coefficient (Wildman–Crippen LogP) is 3.48. The van der Waals surface area contributed by atoms with Crippen molar-refractivity contribution >= 4 is 29.4 Å². The summed E-state index contributed by atoms with van der Waals surface area (Å²) in [5, 5.41) is 19.9. The highest BCUT2D eigenvalue weighted by Gasteiger charge is 2.56. The van der Waals surface area contributed by atoms with E-state index in [0.717, 1.165) is 5.57 Å². The number of carbonyl (C=O) groups excluding carboxylic acids is 4. The number of benzene rings is 1. The summed E-state index contributed by atoms with van der Waals surface area (Å²) in [6, 6.07) is 5.00. The van der Waals surface area contributed by atoms with Gasteiger partial charge in [0.2, 0.25) is 11.8 Å². The van der Waals surface area contributed by atoms with Gasteiger partial charge in [-0.2, -0.15) is 0 Å². The Bertz CT molecular complexity index is 1380. The van der Waals surface area contributed by atoms with Gasteiger partial charge in [-0.1, -0.05) is 30.2 Å². The lowest BCUT2D eigenvalue weighted by Crippen LogP contribution is -2.39. The molecule has 0 radical (unpaired) electrons. The average Bonchev–Trinajstić information content (AvgIpc) is 3.15. The minimum absolute atomic E-state index is 0.0407. The molecule has 5 rings (SSSR count). The number of hydrogen-bond donors (Lipinski definition) is 2. The Labute approximate surface area is 225 Å². The lowest BCUT2D eigenvalue weighted by atomic mass is 9.59. The Balaban J connectivity index is 1.52. The van der Waals surface area contributed by atoms with E-state index in [9.17, 15) is 29.1 Å². The van der Waals surface area contributed by atoms with Crippen LogP contribution < -0.4 is 4.74 Å². The molecule has 2 amide bonds. The zero-order valence-corrected chi connectivity index (χ0v) is 21.9. The van der Waals surface area contributed by atoms with E-state index in [2.05, 4.69) is 0 Å². The Morgan fingerprint density at radius 2 is 1.85 bits per heavy atom. The number of ketones is 2. The molecule has 0 bridgehead atoms. The third-order valence-corrected chi connectivity index (χ3v) is 8.49. The SMILES string of the molecule is COc1cccc([C@H]2C3=CC[C@@H]4C(=O)N(CCCCCC(=O)O)C(=O)[C@@H]4[C@@H]3CC3=C2C(=O)C=C(C)C3=O)c1O. The number of carbonyl (C=O) groups is 5. The number of methoxy groups -OCH3 is 1. The first-order valence-electron chi connectivity index (χ1n) is 13.3. The molecule has 9 nitrogen and oxygen atoms in total. The lowest BCUT2D eigenvalue weighted by Gasteiger charge is -2.42. The molecular formula is C30H31NO8. The Morgan fingerprint density at radius 1 is 1.08 bits per heavy atom. The third kappa shape index (κ3) is 4.39. The Kier molecular flexibility index (Phi) is 7.01. The molecule has 4 atom stereocenters. The number of nitrogens with zero attached hydrogens (tertiary/aromatic N) is 1. The molecule has 39 heavy (non-hydrogen) atoms. The molecule has 1 aromatic carbocycles. The molecule has 1 fully saturated rings. The van der Waals surface area contributed by atoms with Gasteiger partial charge in [-0.3, -0.25) is 28.9 Å². The standard InChI is InChI=1S/C30H31NO8/c1-15-13-21(32)26-20(27(15)35)14-19-16(24(26)17-7-6-8-22(39-2)28(17)36)10-11-18-25(19)30(38)31(29(18)37)12-5-3-4-9-23(33)34/h6-8,10,13,18-19,24-25,36H,3-5,9,11-12,14H2,1-2H3,(H,33,34)/t18-,19+,24+,25-/m0/s1. The minimum Gasteiger partial charge on any atom is -0.504 e. The van der Waals surface area contributed by atoms with Crippen LogP contribution in [0.1, 0.15) is 56.9 Å². The van der Waals surface area contributed by atoms with Crippen LogP contribution in [0.25, 0.3) is 0 Å². The monoisotopic (exact) mass is 533 g/mol. The van der Waals surface area contributed by atoms with Crippen LogP contribution in [0.4, 0.5) is 0 Å². The number of Topliss-reactive ketones (excluding diaryl/α,β-unsaturated/α-hetero) is 1. The van der Waals surface area contributed by atoms with Gasteiger partial charge in [0.15, 0.2) is 23.1 Å². The molecule has 0 unspecified atom stereocenters. The van der Waals surface area contributed by atoms with E-state index in [0.29, 0.717) is 48.0 Å². The Morgan fingerprint density at radius 3 is 2.56 bits per heavy atom. The number of carboxylic acid groups (broad SMARTS) is 1. The number of amides is 2. The zero-order chi connectivity index (χ0) is 28.0. The lowest BCUT2D eigenvalue weighted by molar-refractivity contribution is -0.141. The van der Waals surface area contributed by atoms with Gasteiger partial charge in [-0.05, 0) is 50.7 Å². The minimum atomic E-state index is -0.878. The maximum absolute atomic E-state index is 13.7. The van der Waals surface area contributed by atoms with Crippen LogP contribution in [-0.2, 0) is 24.0 Å². The van der Waals surface area contributed by atoms with Gasteiger partial charge >= 0.3 is 5.97 Å². The normalized spacial score (nSPS) is 26.2. The number of phenolic OH excluding ortho intramolecular Hbond substituents is 1. The molecule has 4 aliphatic rings. The van der Waals surface area contributed by atoms with Crippen molar-refractivity contribution in [3.63, 3.8) is 0 Å². The largest absolute Gasteiger partial charge is 0.504 e. The van der Waals surface area contributed by atoms with E-state index in [1.807, 2.05) is 6.08 Å². The molecule has 1 aliphatic heterocycles. The van der Waals surface area contributed by atoms with E-state index in [-0.39, 0.29) is 54.3 Å². The molecule has 204 valence electrons. The maximum Gasteiger partial charge on any atom is 0.303 e. The molecule has 1 saturated heterocycles. The van der Waals surface area contributed by atoms with Crippen LogP contribution in [0.5, 0.6) is 11.5 Å². The molecule has 1 aromatic rings. The predicted molar refractivity (Wildman–Crippen MR) is 139 cm³/mol. The van der Waals surface area contributed by atoms with Crippen molar-refractivity contribution in [1.29, 1.82) is 0 Å². The summed E-state index contributed by atoms with van der Waals surface area (Å²) >= 11 is 0. The zero-order valence-electron chi connectivity index (χ0n) is 21.9. The molecular weight excluding hydrogens is 502 g/mol. The fourth-order valence-corrected chi connectivity index (χ4v) is 6.68. The highest BCUT2D eigenvalue weighted by molar-refractivity contribution is 6.23. The third-order valence-electron chi connectivity index (χ3n) is 8.49. The van der Waals surface area contributed by atoms with Crippen LogP contribution in [0.15, 0.2) is 52.6 Å². The van der Waals surface area contributed by atoms with Gasteiger partial charge < -0.3 is 14.9 Å². The van der Waals surface area contributed by atoms with Crippen LogP contribution in [-0.4, -0.2) is 58.1 Å². The summed E-state index contributed by atoms with van der Waals surface area (Å²) in [6.45, 7) is 1.81. The molecule has 0 saturated carbocycles. The first-order valence-corrected chi connectivity index (χ1v) is 13.3. The number of rotatable bonds is 8. The first kappa shape index (κ1) is 26.6. The smallest absolute Gasteiger partial charge is 0.303 e. The highest BCUT2D eigenvalue weighted by atomic mass is 16.5. The maximum atomic E-state index is 13.7. The number of likely N-dealkylation sites (tertiary alicyclic amines) is 1. The number of unbranched alkanes of at least 4 members (excludes halogenated alkanes) is 2. The molecule has 9 heteroatoms. The fraction of sp³-hybridized carbons (Fsp3) is 0.433. The van der Waals surface area contributed by atoms with E-state index in [1.54, 1.807) is 25.1 Å². The van der Waals surface area contributed by atoms with Crippen LogP contribution in [0.3, 0.4) is 0 Å². The van der Waals surface area contributed by atoms with Gasteiger partial charge in [-0.15, -0.1) is 0 Å². The van der Waals surface area contributed by atoms with Gasteiger partial charge in [0.25, 0.3) is 0 Å². The first-order chi connectivity index (χ1) is 18.6. The summed E-state index contributed by atoms with van der Waals surface area (Å²) in [7, 11) is 1.43. The summed E-state index contributed by atoms with van der Waals surface area (Å²) in [5.74, 6) is -4.34. The molecule has 1 heterocycles. The summed E-state index contributed by atoms with van der Waals surface area (Å²) in [5.41, 5.74) is 2.14. The number of allylic oxidation sites excluding steroid dienone is 6. The van der Waals surface area contributed by atoms with E-state index >= 15 is 0 Å². The number of imide groups is 1. The van der Waals surface area contributed by atoms with Gasteiger partial charge in [0, 0.05) is 41.2 Å². The molecule has 0 aromatic heterocycles. The number of hydrogen-bond acceptors (Lipinski definition) is 7. The summed E-state index contributed by atoms with van der Waals surface area (Å²) < 4.78 is 5.31. The second-order valence-electron chi connectivity index (χ2n) is 10.7. The number of carboxylic acids is 1. The van der Waals surface area contributed by atoms with Crippen molar-refractivity contribution < 1.29 is 38.9 Å². The average molecular weight is 534 g/mol. The molecule has 0 spiro atoms. The molecule has 3 aliphatic carbocycles. The number of fused-ring (bicyclic) bond motifs is 3. The van der Waals surface area contributed by atoms with Gasteiger partial charge in [0.05, 0.1) is 18.9 Å². The van der Waals surface area contributed by atoms with Crippen molar-refractivity contribution in [3.8, 4) is 11.5 Å². The Hall–Kier alpha value is -4.01. The van der Waals surface area contributed by atoms with Crippen LogP contribution in [0.2, 0.25) is 0 Å². The second kappa shape index (κ2) is 10.3. The van der Waals surface area contributed by atoms with Crippen LogP contribution >= 0.6 is 0 Å². The van der Waals surface area contributed by atoms with E-state index in [4.69, 9.17) is 9.84 Å². The number of aliphatic carboxylic acids is 1. The molecule has 2 N–H and O–H groups in total.